The molecule has 11 heteroatoms. The summed E-state index contributed by atoms with van der Waals surface area (Å²) in [6.45, 7) is 0. The first-order valence-electron chi connectivity index (χ1n) is 11.5. The van der Waals surface area contributed by atoms with Gasteiger partial charge in [-0.05, 0) is 60.7 Å². The Morgan fingerprint density at radius 1 is 0.895 bits per heavy atom. The Morgan fingerprint density at radius 3 is 2.34 bits per heavy atom. The van der Waals surface area contributed by atoms with E-state index >= 15 is 0 Å². The van der Waals surface area contributed by atoms with Crippen molar-refractivity contribution in [1.82, 2.24) is 0 Å². The van der Waals surface area contributed by atoms with Crippen molar-refractivity contribution < 1.29 is 28.2 Å². The van der Waals surface area contributed by atoms with Crippen LogP contribution in [-0.4, -0.2) is 22.8 Å². The van der Waals surface area contributed by atoms with Crippen LogP contribution in [0.1, 0.15) is 11.8 Å². The van der Waals surface area contributed by atoms with Gasteiger partial charge in [0.05, 0.1) is 21.9 Å². The number of carbonyl (C=O) groups excluding carboxylic acids is 2. The molecular weight excluding hydrogens is 517 g/mol. The minimum atomic E-state index is -1.16. The van der Waals surface area contributed by atoms with E-state index in [1.54, 1.807) is 36.4 Å². The van der Waals surface area contributed by atoms with E-state index in [2.05, 4.69) is 0 Å². The SMILES string of the molecule is O=C1[C@@H]2[C@@H](c3ccc(-c4ccc(Cl)cc4[N+](=O)[O-])o3)N(c3ccccc3)O[C@H]2C(=O)N1c1ccc(F)cc1. The summed E-state index contributed by atoms with van der Waals surface area (Å²) in [5, 5.41) is 13.3. The minimum absolute atomic E-state index is 0.187. The molecular formula is C27H17ClFN3O6. The molecule has 0 unspecified atom stereocenters. The maximum absolute atomic E-state index is 13.7. The summed E-state index contributed by atoms with van der Waals surface area (Å²) in [6, 6.07) is 20.4. The number of hydrogen-bond acceptors (Lipinski definition) is 7. The van der Waals surface area contributed by atoms with E-state index in [9.17, 15) is 24.1 Å². The number of imide groups is 1. The first kappa shape index (κ1) is 23.8. The van der Waals surface area contributed by atoms with Gasteiger partial charge in [-0.1, -0.05) is 29.8 Å². The largest absolute Gasteiger partial charge is 0.458 e. The number of rotatable bonds is 5. The van der Waals surface area contributed by atoms with Crippen molar-refractivity contribution in [3.8, 4) is 11.3 Å². The Kier molecular flexibility index (Phi) is 5.70. The highest BCUT2D eigenvalue weighted by molar-refractivity contribution is 6.31. The smallest absolute Gasteiger partial charge is 0.281 e. The number of nitrogens with zero attached hydrogens (tertiary/aromatic N) is 3. The normalized spacial score (nSPS) is 20.7. The van der Waals surface area contributed by atoms with E-state index in [1.165, 1.54) is 35.4 Å². The lowest BCUT2D eigenvalue weighted by atomic mass is 9.94. The zero-order valence-corrected chi connectivity index (χ0v) is 20.1. The fourth-order valence-electron chi connectivity index (χ4n) is 4.87. The van der Waals surface area contributed by atoms with Gasteiger partial charge in [-0.15, -0.1) is 0 Å². The van der Waals surface area contributed by atoms with Crippen LogP contribution in [0.2, 0.25) is 5.02 Å². The standard InChI is InChI=1S/C27H17ClFN3O6/c28-15-6-11-19(20(14-15)32(35)36)21-12-13-22(37-21)24-23-25(38-31(24)18-4-2-1-3-5-18)27(34)30(26(23)33)17-9-7-16(29)8-10-17/h1-14,23-25H/t23-,24-,25-/m1/s1. The second-order valence-corrected chi connectivity index (χ2v) is 9.20. The van der Waals surface area contributed by atoms with Crippen molar-refractivity contribution in [2.75, 3.05) is 9.96 Å². The number of halogens is 2. The number of hydroxylamine groups is 1. The molecule has 1 aromatic heterocycles. The second-order valence-electron chi connectivity index (χ2n) is 8.77. The van der Waals surface area contributed by atoms with E-state index in [0.29, 0.717) is 5.69 Å². The van der Waals surface area contributed by atoms with Crippen LogP contribution in [0.4, 0.5) is 21.5 Å². The van der Waals surface area contributed by atoms with Crippen molar-refractivity contribution in [1.29, 1.82) is 0 Å². The molecule has 2 fully saturated rings. The molecule has 3 atom stereocenters. The van der Waals surface area contributed by atoms with Crippen molar-refractivity contribution in [3.63, 3.8) is 0 Å². The molecule has 0 bridgehead atoms. The summed E-state index contributed by atoms with van der Waals surface area (Å²) in [5.74, 6) is -2.17. The number of para-hydroxylation sites is 1. The molecule has 2 amide bonds. The maximum atomic E-state index is 13.7. The number of benzene rings is 3. The topological polar surface area (TPSA) is 106 Å². The third-order valence-corrected chi connectivity index (χ3v) is 6.79. The molecule has 0 saturated carbocycles. The Bertz CT molecular complexity index is 1580. The third-order valence-electron chi connectivity index (χ3n) is 6.55. The van der Waals surface area contributed by atoms with Gasteiger partial charge in [-0.3, -0.25) is 24.5 Å². The van der Waals surface area contributed by atoms with Crippen molar-refractivity contribution >= 4 is 40.5 Å². The fourth-order valence-corrected chi connectivity index (χ4v) is 5.03. The quantitative estimate of drug-likeness (QED) is 0.184. The van der Waals surface area contributed by atoms with Crippen LogP contribution in [0.25, 0.3) is 11.3 Å². The Morgan fingerprint density at radius 2 is 1.63 bits per heavy atom. The first-order chi connectivity index (χ1) is 18.3. The molecule has 6 rings (SSSR count). The van der Waals surface area contributed by atoms with Crippen LogP contribution < -0.4 is 9.96 Å². The molecule has 0 radical (unpaired) electrons. The molecule has 0 spiro atoms. The zero-order chi connectivity index (χ0) is 26.6. The lowest BCUT2D eigenvalue weighted by molar-refractivity contribution is -0.384. The first-order valence-corrected chi connectivity index (χ1v) is 11.9. The summed E-state index contributed by atoms with van der Waals surface area (Å²) < 4.78 is 19.6. The summed E-state index contributed by atoms with van der Waals surface area (Å²) in [7, 11) is 0. The van der Waals surface area contributed by atoms with Crippen LogP contribution in [0.3, 0.4) is 0 Å². The molecule has 3 aromatic carbocycles. The minimum Gasteiger partial charge on any atom is -0.458 e. The average molecular weight is 534 g/mol. The van der Waals surface area contributed by atoms with Gasteiger partial charge in [0.1, 0.15) is 29.3 Å². The van der Waals surface area contributed by atoms with E-state index in [1.807, 2.05) is 6.07 Å². The van der Waals surface area contributed by atoms with E-state index in [0.717, 1.165) is 17.0 Å². The van der Waals surface area contributed by atoms with Gasteiger partial charge in [0.2, 0.25) is 5.91 Å². The van der Waals surface area contributed by atoms with Gasteiger partial charge >= 0.3 is 0 Å². The fraction of sp³-hybridized carbons (Fsp3) is 0.111. The predicted molar refractivity (Wildman–Crippen MR) is 135 cm³/mol. The third kappa shape index (κ3) is 3.82. The lowest BCUT2D eigenvalue weighted by Crippen LogP contribution is -2.37. The second kappa shape index (κ2) is 9.09. The number of amides is 2. The molecule has 2 saturated heterocycles. The van der Waals surface area contributed by atoms with Crippen LogP contribution in [-0.2, 0) is 14.4 Å². The van der Waals surface area contributed by atoms with Crippen molar-refractivity contribution in [2.24, 2.45) is 5.92 Å². The molecule has 3 heterocycles. The van der Waals surface area contributed by atoms with Crippen LogP contribution in [0.15, 0.2) is 89.3 Å². The molecule has 2 aliphatic rings. The molecule has 38 heavy (non-hydrogen) atoms. The highest BCUT2D eigenvalue weighted by atomic mass is 35.5. The van der Waals surface area contributed by atoms with Gasteiger partial charge in [0.25, 0.3) is 11.6 Å². The maximum Gasteiger partial charge on any atom is 0.281 e. The number of carbonyl (C=O) groups is 2. The van der Waals surface area contributed by atoms with Crippen molar-refractivity contribution in [2.45, 2.75) is 12.1 Å². The number of hydrogen-bond donors (Lipinski definition) is 0. The summed E-state index contributed by atoms with van der Waals surface area (Å²) >= 11 is 5.95. The van der Waals surface area contributed by atoms with Crippen LogP contribution >= 0.6 is 11.6 Å². The molecule has 190 valence electrons. The Hall–Kier alpha value is -4.54. The van der Waals surface area contributed by atoms with Gasteiger partial charge < -0.3 is 4.42 Å². The number of fused-ring (bicyclic) bond motifs is 1. The van der Waals surface area contributed by atoms with E-state index in [4.69, 9.17) is 20.9 Å². The number of anilines is 2. The molecule has 0 aliphatic carbocycles. The van der Waals surface area contributed by atoms with Gasteiger partial charge in [-0.2, -0.15) is 0 Å². The number of nitro benzene ring substituents is 1. The number of furan rings is 1. The highest BCUT2D eigenvalue weighted by Gasteiger charge is 2.61. The zero-order valence-electron chi connectivity index (χ0n) is 19.4. The number of nitro groups is 1. The molecule has 0 N–H and O–H groups in total. The molecule has 2 aliphatic heterocycles. The van der Waals surface area contributed by atoms with Gasteiger partial charge in [0.15, 0.2) is 6.10 Å². The van der Waals surface area contributed by atoms with Gasteiger partial charge in [0, 0.05) is 11.1 Å². The Balaban J connectivity index is 1.43. The van der Waals surface area contributed by atoms with Gasteiger partial charge in [-0.25, -0.2) is 14.4 Å². The van der Waals surface area contributed by atoms with E-state index < -0.39 is 40.6 Å². The monoisotopic (exact) mass is 533 g/mol. The Labute approximate surface area is 219 Å². The summed E-state index contributed by atoms with van der Waals surface area (Å²) in [6.07, 6.45) is -1.16. The molecule has 4 aromatic rings. The summed E-state index contributed by atoms with van der Waals surface area (Å²) in [4.78, 5) is 45.1. The molecule has 9 nitrogen and oxygen atoms in total. The highest BCUT2D eigenvalue weighted by Crippen LogP contribution is 2.48. The van der Waals surface area contributed by atoms with Crippen LogP contribution in [0.5, 0.6) is 0 Å². The predicted octanol–water partition coefficient (Wildman–Crippen LogP) is 5.70. The van der Waals surface area contributed by atoms with E-state index in [-0.39, 0.29) is 33.5 Å². The lowest BCUT2D eigenvalue weighted by Gasteiger charge is -2.27. The van der Waals surface area contributed by atoms with Crippen molar-refractivity contribution in [3.05, 3.63) is 112 Å². The summed E-state index contributed by atoms with van der Waals surface area (Å²) in [5.41, 5.74) is 0.764. The van der Waals surface area contributed by atoms with Crippen LogP contribution in [0, 0.1) is 21.8 Å². The average Bonchev–Trinajstić information content (AvgIpc) is 3.60.